The Morgan fingerprint density at radius 1 is 1.08 bits per heavy atom. The van der Waals surface area contributed by atoms with Gasteiger partial charge in [0.05, 0.1) is 26.4 Å². The lowest BCUT2D eigenvalue weighted by atomic mass is 10.3. The molecular formula is C18H25NO7. The second-order valence-electron chi connectivity index (χ2n) is 5.30. The van der Waals surface area contributed by atoms with Gasteiger partial charge in [-0.05, 0) is 44.5 Å². The van der Waals surface area contributed by atoms with Crippen LogP contribution in [0.5, 0.6) is 11.5 Å². The number of esters is 1. The Bertz CT molecular complexity index is 600. The van der Waals surface area contributed by atoms with E-state index in [1.165, 1.54) is 0 Å². The molecule has 0 saturated carbocycles. The van der Waals surface area contributed by atoms with E-state index < -0.39 is 18.0 Å². The number of rotatable bonds is 8. The molecule has 0 N–H and O–H groups in total. The first-order valence-electron chi connectivity index (χ1n) is 8.38. The maximum atomic E-state index is 11.9. The number of imide groups is 1. The van der Waals surface area contributed by atoms with Gasteiger partial charge in [-0.1, -0.05) is 6.92 Å². The van der Waals surface area contributed by atoms with Gasteiger partial charge in [-0.3, -0.25) is 4.79 Å². The second kappa shape index (κ2) is 11.0. The molecule has 1 rings (SSSR count). The maximum Gasteiger partial charge on any atom is 0.417 e. The topological polar surface area (TPSA) is 91.4 Å². The standard InChI is InChI=1S/C18H25NO7/c1-5-13(3)26-15-9-7-14(8-10-15)25-12-11-19(18(22)24-6-2)16(20)17(21)23-4/h7-10,13H,5-6,11-12H2,1-4H3. The molecule has 144 valence electrons. The molecule has 8 nitrogen and oxygen atoms in total. The summed E-state index contributed by atoms with van der Waals surface area (Å²) in [5.41, 5.74) is 0. The Kier molecular flexibility index (Phi) is 8.97. The van der Waals surface area contributed by atoms with Crippen LogP contribution in [0.4, 0.5) is 4.79 Å². The minimum absolute atomic E-state index is 0.00683. The fourth-order valence-electron chi connectivity index (χ4n) is 1.86. The molecule has 0 spiro atoms. The number of nitrogens with zero attached hydrogens (tertiary/aromatic N) is 1. The van der Waals surface area contributed by atoms with Crippen molar-refractivity contribution in [3.8, 4) is 11.5 Å². The third-order valence-corrected chi connectivity index (χ3v) is 3.41. The highest BCUT2D eigenvalue weighted by molar-refractivity contribution is 6.34. The van der Waals surface area contributed by atoms with Gasteiger partial charge in [-0.2, -0.15) is 0 Å². The van der Waals surface area contributed by atoms with Crippen molar-refractivity contribution in [2.75, 3.05) is 26.9 Å². The normalized spacial score (nSPS) is 11.2. The molecule has 0 aromatic heterocycles. The number of carbonyl (C=O) groups is 3. The van der Waals surface area contributed by atoms with Gasteiger partial charge in [-0.25, -0.2) is 14.5 Å². The van der Waals surface area contributed by atoms with Crippen molar-refractivity contribution < 1.29 is 33.3 Å². The summed E-state index contributed by atoms with van der Waals surface area (Å²) in [6.07, 6.45) is 0.0870. The SMILES string of the molecule is CCOC(=O)N(CCOc1ccc(OC(C)CC)cc1)C(=O)C(=O)OC. The van der Waals surface area contributed by atoms with Gasteiger partial charge in [0.2, 0.25) is 0 Å². The Morgan fingerprint density at radius 3 is 2.23 bits per heavy atom. The first-order chi connectivity index (χ1) is 12.4. The molecule has 0 aliphatic carbocycles. The molecule has 1 unspecified atom stereocenters. The molecule has 0 saturated heterocycles. The maximum absolute atomic E-state index is 11.9. The van der Waals surface area contributed by atoms with Crippen LogP contribution in [0.2, 0.25) is 0 Å². The van der Waals surface area contributed by atoms with E-state index in [-0.39, 0.29) is 25.9 Å². The zero-order valence-corrected chi connectivity index (χ0v) is 15.5. The Morgan fingerprint density at radius 2 is 1.69 bits per heavy atom. The molecular weight excluding hydrogens is 342 g/mol. The third-order valence-electron chi connectivity index (χ3n) is 3.41. The second-order valence-corrected chi connectivity index (χ2v) is 5.30. The van der Waals surface area contributed by atoms with Gasteiger partial charge in [0.25, 0.3) is 0 Å². The van der Waals surface area contributed by atoms with Crippen LogP contribution in [0.25, 0.3) is 0 Å². The minimum atomic E-state index is -1.15. The van der Waals surface area contributed by atoms with Crippen LogP contribution in [0.1, 0.15) is 27.2 Å². The Balaban J connectivity index is 2.62. The highest BCUT2D eigenvalue weighted by atomic mass is 16.6. The molecule has 26 heavy (non-hydrogen) atoms. The van der Waals surface area contributed by atoms with E-state index in [4.69, 9.17) is 14.2 Å². The lowest BCUT2D eigenvalue weighted by Crippen LogP contribution is -2.44. The molecule has 0 aliphatic rings. The fraction of sp³-hybridized carbons (Fsp3) is 0.500. The van der Waals surface area contributed by atoms with Crippen molar-refractivity contribution in [2.45, 2.75) is 33.3 Å². The van der Waals surface area contributed by atoms with E-state index in [9.17, 15) is 14.4 Å². The molecule has 0 radical (unpaired) electrons. The smallest absolute Gasteiger partial charge is 0.417 e. The summed E-state index contributed by atoms with van der Waals surface area (Å²) in [7, 11) is 1.06. The summed E-state index contributed by atoms with van der Waals surface area (Å²) in [5.74, 6) is -0.993. The van der Waals surface area contributed by atoms with Crippen LogP contribution in [0, 0.1) is 0 Å². The third kappa shape index (κ3) is 6.62. The van der Waals surface area contributed by atoms with Crippen molar-refractivity contribution in [2.24, 2.45) is 0 Å². The van der Waals surface area contributed by atoms with Crippen molar-refractivity contribution >= 4 is 18.0 Å². The van der Waals surface area contributed by atoms with Gasteiger partial charge < -0.3 is 18.9 Å². The van der Waals surface area contributed by atoms with Gasteiger partial charge in [0, 0.05) is 0 Å². The summed E-state index contributed by atoms with van der Waals surface area (Å²) >= 11 is 0. The Labute approximate surface area is 153 Å². The number of carbonyl (C=O) groups excluding carboxylic acids is 3. The van der Waals surface area contributed by atoms with Crippen LogP contribution in [-0.2, 0) is 19.1 Å². The molecule has 1 aromatic rings. The van der Waals surface area contributed by atoms with Gasteiger partial charge in [-0.15, -0.1) is 0 Å². The quantitative estimate of drug-likeness (QED) is 0.515. The number of hydrogen-bond donors (Lipinski definition) is 0. The number of ether oxygens (including phenoxy) is 4. The molecule has 8 heteroatoms. The lowest BCUT2D eigenvalue weighted by Gasteiger charge is -2.19. The monoisotopic (exact) mass is 367 g/mol. The Hall–Kier alpha value is -2.77. The van der Waals surface area contributed by atoms with Crippen LogP contribution in [0.3, 0.4) is 0 Å². The summed E-state index contributed by atoms with van der Waals surface area (Å²) < 4.78 is 20.3. The van der Waals surface area contributed by atoms with Crippen LogP contribution in [0.15, 0.2) is 24.3 Å². The van der Waals surface area contributed by atoms with Gasteiger partial charge >= 0.3 is 18.0 Å². The average Bonchev–Trinajstić information content (AvgIpc) is 2.65. The number of amides is 2. The predicted molar refractivity (Wildman–Crippen MR) is 93.1 cm³/mol. The summed E-state index contributed by atoms with van der Waals surface area (Å²) in [5, 5.41) is 0. The molecule has 0 fully saturated rings. The molecule has 2 amide bonds. The van der Waals surface area contributed by atoms with E-state index in [0.717, 1.165) is 19.3 Å². The number of methoxy groups -OCH3 is 1. The molecule has 1 atom stereocenters. The van der Waals surface area contributed by atoms with E-state index >= 15 is 0 Å². The zero-order valence-electron chi connectivity index (χ0n) is 15.5. The highest BCUT2D eigenvalue weighted by Crippen LogP contribution is 2.19. The zero-order chi connectivity index (χ0) is 19.5. The van der Waals surface area contributed by atoms with Crippen LogP contribution in [-0.4, -0.2) is 55.8 Å². The average molecular weight is 367 g/mol. The molecule has 0 aliphatic heterocycles. The van der Waals surface area contributed by atoms with E-state index in [1.807, 2.05) is 13.8 Å². The predicted octanol–water partition coefficient (Wildman–Crippen LogP) is 2.40. The highest BCUT2D eigenvalue weighted by Gasteiger charge is 2.29. The van der Waals surface area contributed by atoms with Crippen LogP contribution >= 0.6 is 0 Å². The van der Waals surface area contributed by atoms with Crippen molar-refractivity contribution in [1.29, 1.82) is 0 Å². The van der Waals surface area contributed by atoms with Gasteiger partial charge in [0.15, 0.2) is 0 Å². The van der Waals surface area contributed by atoms with E-state index in [2.05, 4.69) is 4.74 Å². The summed E-state index contributed by atoms with van der Waals surface area (Å²) in [4.78, 5) is 35.7. The van der Waals surface area contributed by atoms with Gasteiger partial charge in [0.1, 0.15) is 18.1 Å². The van der Waals surface area contributed by atoms with Crippen molar-refractivity contribution in [3.05, 3.63) is 24.3 Å². The largest absolute Gasteiger partial charge is 0.492 e. The van der Waals surface area contributed by atoms with Crippen molar-refractivity contribution in [3.63, 3.8) is 0 Å². The van der Waals surface area contributed by atoms with E-state index in [1.54, 1.807) is 31.2 Å². The van der Waals surface area contributed by atoms with Crippen LogP contribution < -0.4 is 9.47 Å². The molecule has 0 bridgehead atoms. The van der Waals surface area contributed by atoms with E-state index in [0.29, 0.717) is 10.6 Å². The van der Waals surface area contributed by atoms with Crippen molar-refractivity contribution in [1.82, 2.24) is 4.90 Å². The molecule has 1 aromatic carbocycles. The lowest BCUT2D eigenvalue weighted by molar-refractivity contribution is -0.157. The summed E-state index contributed by atoms with van der Waals surface area (Å²) in [6, 6.07) is 6.97. The number of benzene rings is 1. The molecule has 0 heterocycles. The summed E-state index contributed by atoms with van der Waals surface area (Å²) in [6.45, 7) is 5.52. The first-order valence-corrected chi connectivity index (χ1v) is 8.38. The number of hydrogen-bond acceptors (Lipinski definition) is 7. The fourth-order valence-corrected chi connectivity index (χ4v) is 1.86. The minimum Gasteiger partial charge on any atom is -0.492 e. The first kappa shape index (κ1) is 21.3.